The highest BCUT2D eigenvalue weighted by Crippen LogP contribution is 1.84. The van der Waals surface area contributed by atoms with E-state index in [2.05, 4.69) is 25.1 Å². The molecule has 0 saturated carbocycles. The fourth-order valence-corrected chi connectivity index (χ4v) is 0.423. The molecule has 0 aliphatic rings. The summed E-state index contributed by atoms with van der Waals surface area (Å²) in [5, 5.41) is 3.04. The van der Waals surface area contributed by atoms with Crippen LogP contribution in [0.25, 0.3) is 0 Å². The monoisotopic (exact) mass is 110 g/mol. The van der Waals surface area contributed by atoms with Gasteiger partial charge in [0.15, 0.2) is 0 Å². The van der Waals surface area contributed by atoms with Crippen LogP contribution in [-0.2, 0) is 0 Å². The van der Waals surface area contributed by atoms with Crippen molar-refractivity contribution in [1.82, 2.24) is 5.32 Å². The maximum atomic E-state index is 6.53. The Bertz CT molecular complexity index is 78.9. The molecule has 0 aliphatic heterocycles. The van der Waals surface area contributed by atoms with Gasteiger partial charge in [-0.3, -0.25) is 0 Å². The Kier molecular flexibility index (Phi) is 4.39. The van der Waals surface area contributed by atoms with E-state index in [0.29, 0.717) is 12.5 Å². The summed E-state index contributed by atoms with van der Waals surface area (Å²) in [7, 11) is 0. The van der Waals surface area contributed by atoms with Gasteiger partial charge in [-0.15, -0.1) is 0 Å². The van der Waals surface area contributed by atoms with Gasteiger partial charge in [-0.2, -0.15) is 0 Å². The molecule has 45 valence electrons. The SMILES string of the molecule is [C]#CCNCC(C)C. The molecule has 0 unspecified atom stereocenters. The van der Waals surface area contributed by atoms with E-state index in [1.54, 1.807) is 0 Å². The van der Waals surface area contributed by atoms with Crippen LogP contribution < -0.4 is 5.32 Å². The highest BCUT2D eigenvalue weighted by molar-refractivity contribution is 4.78. The van der Waals surface area contributed by atoms with E-state index in [9.17, 15) is 0 Å². The molecule has 0 spiro atoms. The van der Waals surface area contributed by atoms with Crippen molar-refractivity contribution >= 4 is 0 Å². The third-order valence-corrected chi connectivity index (χ3v) is 0.766. The zero-order valence-electron chi connectivity index (χ0n) is 5.49. The van der Waals surface area contributed by atoms with Crippen LogP contribution in [0.3, 0.4) is 0 Å². The first-order valence-electron chi connectivity index (χ1n) is 2.87. The highest BCUT2D eigenvalue weighted by atomic mass is 14.8. The van der Waals surface area contributed by atoms with Crippen molar-refractivity contribution in [3.05, 3.63) is 6.42 Å². The van der Waals surface area contributed by atoms with Crippen LogP contribution >= 0.6 is 0 Å². The predicted octanol–water partition coefficient (Wildman–Crippen LogP) is 0.822. The fraction of sp³-hybridized carbons (Fsp3) is 0.714. The molecular formula is C7H12N. The van der Waals surface area contributed by atoms with Gasteiger partial charge in [-0.1, -0.05) is 19.8 Å². The average Bonchev–Trinajstić information content (AvgIpc) is 1.66. The zero-order chi connectivity index (χ0) is 6.41. The molecule has 1 N–H and O–H groups in total. The lowest BCUT2D eigenvalue weighted by Gasteiger charge is -2.01. The molecule has 1 radical (unpaired) electrons. The minimum Gasteiger partial charge on any atom is -0.306 e. The molecular weight excluding hydrogens is 98.1 g/mol. The number of nitrogens with one attached hydrogen (secondary N) is 1. The van der Waals surface area contributed by atoms with Crippen molar-refractivity contribution in [2.24, 2.45) is 5.92 Å². The standard InChI is InChI=1S/C7H12N/c1-4-5-8-6-7(2)3/h7-8H,5-6H2,2-3H3. The van der Waals surface area contributed by atoms with Gasteiger partial charge in [0.25, 0.3) is 0 Å². The first-order chi connectivity index (χ1) is 3.77. The van der Waals surface area contributed by atoms with Crippen LogP contribution in [0.15, 0.2) is 0 Å². The van der Waals surface area contributed by atoms with Gasteiger partial charge in [0, 0.05) is 0 Å². The molecule has 0 saturated heterocycles. The van der Waals surface area contributed by atoms with E-state index in [0.717, 1.165) is 6.54 Å². The van der Waals surface area contributed by atoms with Crippen molar-refractivity contribution in [2.45, 2.75) is 13.8 Å². The second kappa shape index (κ2) is 4.67. The second-order valence-corrected chi connectivity index (χ2v) is 2.20. The molecule has 0 aromatic rings. The van der Waals surface area contributed by atoms with E-state index >= 15 is 0 Å². The molecule has 0 aliphatic carbocycles. The Morgan fingerprint density at radius 2 is 2.25 bits per heavy atom. The zero-order valence-corrected chi connectivity index (χ0v) is 5.49. The molecule has 8 heavy (non-hydrogen) atoms. The van der Waals surface area contributed by atoms with Crippen molar-refractivity contribution in [2.75, 3.05) is 13.1 Å². The molecule has 0 atom stereocenters. The normalized spacial score (nSPS) is 9.25. The van der Waals surface area contributed by atoms with Crippen LogP contribution in [0.2, 0.25) is 0 Å². The summed E-state index contributed by atoms with van der Waals surface area (Å²) >= 11 is 0. The van der Waals surface area contributed by atoms with Crippen LogP contribution in [0.4, 0.5) is 0 Å². The van der Waals surface area contributed by atoms with Gasteiger partial charge < -0.3 is 5.32 Å². The molecule has 0 aromatic carbocycles. The van der Waals surface area contributed by atoms with Crippen molar-refractivity contribution in [3.8, 4) is 5.92 Å². The Morgan fingerprint density at radius 3 is 2.62 bits per heavy atom. The summed E-state index contributed by atoms with van der Waals surface area (Å²) in [6.07, 6.45) is 6.53. The fourth-order valence-electron chi connectivity index (χ4n) is 0.423. The number of hydrogen-bond acceptors (Lipinski definition) is 1. The minimum atomic E-state index is 0.582. The first kappa shape index (κ1) is 7.52. The molecule has 1 heteroatoms. The lowest BCUT2D eigenvalue weighted by Crippen LogP contribution is -2.19. The topological polar surface area (TPSA) is 12.0 Å². The lowest BCUT2D eigenvalue weighted by molar-refractivity contribution is 0.580. The Hall–Kier alpha value is -0.480. The molecule has 0 amide bonds. The summed E-state index contributed by atoms with van der Waals surface area (Å²) in [4.78, 5) is 0. The minimum absolute atomic E-state index is 0.582. The summed E-state index contributed by atoms with van der Waals surface area (Å²) in [5.41, 5.74) is 0. The quantitative estimate of drug-likeness (QED) is 0.419. The number of rotatable bonds is 3. The summed E-state index contributed by atoms with van der Waals surface area (Å²) in [6.45, 7) is 5.83. The molecule has 0 fully saturated rings. The third-order valence-electron chi connectivity index (χ3n) is 0.766. The second-order valence-electron chi connectivity index (χ2n) is 2.20. The predicted molar refractivity (Wildman–Crippen MR) is 34.8 cm³/mol. The molecule has 0 bridgehead atoms. The van der Waals surface area contributed by atoms with Gasteiger partial charge in [-0.25, -0.2) is 0 Å². The molecule has 0 rings (SSSR count). The highest BCUT2D eigenvalue weighted by Gasteiger charge is 1.88. The van der Waals surface area contributed by atoms with Crippen LogP contribution in [-0.4, -0.2) is 13.1 Å². The van der Waals surface area contributed by atoms with Gasteiger partial charge in [0.05, 0.1) is 6.54 Å². The maximum absolute atomic E-state index is 6.53. The van der Waals surface area contributed by atoms with E-state index in [1.165, 1.54) is 0 Å². The van der Waals surface area contributed by atoms with Crippen LogP contribution in [0.5, 0.6) is 0 Å². The van der Waals surface area contributed by atoms with Crippen LogP contribution in [0.1, 0.15) is 13.8 Å². The molecule has 0 aromatic heterocycles. The molecule has 0 heterocycles. The summed E-state index contributed by atoms with van der Waals surface area (Å²) < 4.78 is 0. The largest absolute Gasteiger partial charge is 0.306 e. The third kappa shape index (κ3) is 5.52. The van der Waals surface area contributed by atoms with Gasteiger partial charge >= 0.3 is 0 Å². The summed E-state index contributed by atoms with van der Waals surface area (Å²) in [5.74, 6) is 2.93. The Balaban J connectivity index is 2.85. The summed E-state index contributed by atoms with van der Waals surface area (Å²) in [6, 6.07) is 0. The van der Waals surface area contributed by atoms with Crippen molar-refractivity contribution in [1.29, 1.82) is 0 Å². The smallest absolute Gasteiger partial charge is 0.0586 e. The average molecular weight is 110 g/mol. The van der Waals surface area contributed by atoms with Crippen molar-refractivity contribution < 1.29 is 0 Å². The van der Waals surface area contributed by atoms with Gasteiger partial charge in [0.2, 0.25) is 0 Å². The molecule has 1 nitrogen and oxygen atoms in total. The van der Waals surface area contributed by atoms with Crippen molar-refractivity contribution in [3.63, 3.8) is 0 Å². The van der Waals surface area contributed by atoms with E-state index in [1.807, 2.05) is 0 Å². The van der Waals surface area contributed by atoms with Crippen LogP contribution in [0, 0.1) is 18.3 Å². The number of hydrogen-bond donors (Lipinski definition) is 1. The van der Waals surface area contributed by atoms with E-state index in [4.69, 9.17) is 6.42 Å². The Morgan fingerprint density at radius 1 is 1.62 bits per heavy atom. The Labute approximate surface area is 51.5 Å². The van der Waals surface area contributed by atoms with Gasteiger partial charge in [0.1, 0.15) is 0 Å². The van der Waals surface area contributed by atoms with E-state index in [-0.39, 0.29) is 0 Å². The van der Waals surface area contributed by atoms with E-state index < -0.39 is 0 Å². The lowest BCUT2D eigenvalue weighted by atomic mass is 10.2. The maximum Gasteiger partial charge on any atom is 0.0586 e. The van der Waals surface area contributed by atoms with Gasteiger partial charge in [-0.05, 0) is 18.9 Å². The first-order valence-corrected chi connectivity index (χ1v) is 2.87.